The van der Waals surface area contributed by atoms with Crippen molar-refractivity contribution in [3.05, 3.63) is 48.1 Å². The standard InChI is InChI=1S/C15H13NO4/c1-4-13(17)20-12-7-5-11(6-8-12)16-14(18)9(2)10(3)15(16)19/h4-8H,1H2,2-3H3. The molecule has 0 fully saturated rings. The third-order valence-corrected chi connectivity index (χ3v) is 3.09. The van der Waals surface area contributed by atoms with E-state index < -0.39 is 5.97 Å². The van der Waals surface area contributed by atoms with Gasteiger partial charge in [0, 0.05) is 17.2 Å². The number of rotatable bonds is 3. The van der Waals surface area contributed by atoms with E-state index in [-0.39, 0.29) is 11.8 Å². The number of hydrogen-bond acceptors (Lipinski definition) is 4. The Bertz CT molecular complexity index is 616. The molecule has 20 heavy (non-hydrogen) atoms. The molecule has 0 saturated heterocycles. The van der Waals surface area contributed by atoms with Crippen molar-refractivity contribution in [3.8, 4) is 5.75 Å². The van der Waals surface area contributed by atoms with Crippen LogP contribution in [-0.2, 0) is 14.4 Å². The number of esters is 1. The zero-order valence-electron chi connectivity index (χ0n) is 11.2. The second-order valence-corrected chi connectivity index (χ2v) is 4.31. The van der Waals surface area contributed by atoms with E-state index in [4.69, 9.17) is 4.74 Å². The average Bonchev–Trinajstić information content (AvgIpc) is 2.64. The van der Waals surface area contributed by atoms with Crippen molar-refractivity contribution >= 4 is 23.5 Å². The highest BCUT2D eigenvalue weighted by Gasteiger charge is 2.34. The fourth-order valence-electron chi connectivity index (χ4n) is 1.80. The molecular formula is C15H13NO4. The molecule has 0 bridgehead atoms. The number of benzene rings is 1. The molecule has 1 aromatic carbocycles. The molecule has 0 radical (unpaired) electrons. The molecule has 0 saturated carbocycles. The highest BCUT2D eigenvalue weighted by atomic mass is 16.5. The van der Waals surface area contributed by atoms with Crippen molar-refractivity contribution in [3.63, 3.8) is 0 Å². The molecule has 0 aromatic heterocycles. The van der Waals surface area contributed by atoms with Gasteiger partial charge in [0.1, 0.15) is 5.75 Å². The first-order chi connectivity index (χ1) is 9.45. The summed E-state index contributed by atoms with van der Waals surface area (Å²) in [6.07, 6.45) is 1.05. The van der Waals surface area contributed by atoms with Gasteiger partial charge in [-0.2, -0.15) is 0 Å². The molecule has 0 N–H and O–H groups in total. The largest absolute Gasteiger partial charge is 0.423 e. The molecule has 1 heterocycles. The Morgan fingerprint density at radius 3 is 2.05 bits per heavy atom. The number of amides is 2. The summed E-state index contributed by atoms with van der Waals surface area (Å²) >= 11 is 0. The van der Waals surface area contributed by atoms with Crippen molar-refractivity contribution < 1.29 is 19.1 Å². The molecule has 5 nitrogen and oxygen atoms in total. The Balaban J connectivity index is 2.24. The third kappa shape index (κ3) is 2.25. The number of ether oxygens (including phenoxy) is 1. The van der Waals surface area contributed by atoms with Crippen LogP contribution < -0.4 is 9.64 Å². The van der Waals surface area contributed by atoms with E-state index in [2.05, 4.69) is 6.58 Å². The van der Waals surface area contributed by atoms with Crippen LogP contribution in [0.25, 0.3) is 0 Å². The molecule has 1 aliphatic rings. The van der Waals surface area contributed by atoms with E-state index in [1.54, 1.807) is 26.0 Å². The molecule has 2 amide bonds. The molecule has 0 atom stereocenters. The van der Waals surface area contributed by atoms with Crippen LogP contribution in [0.2, 0.25) is 0 Å². The van der Waals surface area contributed by atoms with Crippen molar-refractivity contribution in [2.75, 3.05) is 4.90 Å². The van der Waals surface area contributed by atoms with Crippen molar-refractivity contribution in [2.45, 2.75) is 13.8 Å². The molecule has 2 rings (SSSR count). The van der Waals surface area contributed by atoms with E-state index in [1.807, 2.05) is 0 Å². The molecule has 1 aliphatic heterocycles. The van der Waals surface area contributed by atoms with Gasteiger partial charge >= 0.3 is 5.97 Å². The van der Waals surface area contributed by atoms with Gasteiger partial charge in [-0.15, -0.1) is 0 Å². The van der Waals surface area contributed by atoms with Crippen LogP contribution in [0.5, 0.6) is 5.75 Å². The van der Waals surface area contributed by atoms with Gasteiger partial charge < -0.3 is 4.74 Å². The van der Waals surface area contributed by atoms with E-state index in [9.17, 15) is 14.4 Å². The topological polar surface area (TPSA) is 63.7 Å². The second kappa shape index (κ2) is 5.13. The van der Waals surface area contributed by atoms with Crippen LogP contribution in [0.15, 0.2) is 48.1 Å². The van der Waals surface area contributed by atoms with Gasteiger partial charge in [-0.05, 0) is 38.1 Å². The molecule has 5 heteroatoms. The smallest absolute Gasteiger partial charge is 0.335 e. The van der Waals surface area contributed by atoms with Gasteiger partial charge in [-0.25, -0.2) is 9.69 Å². The molecule has 0 unspecified atom stereocenters. The zero-order chi connectivity index (χ0) is 14.9. The highest BCUT2D eigenvalue weighted by Crippen LogP contribution is 2.27. The molecular weight excluding hydrogens is 258 g/mol. The lowest BCUT2D eigenvalue weighted by Gasteiger charge is -2.15. The highest BCUT2D eigenvalue weighted by molar-refractivity contribution is 6.32. The number of imide groups is 1. The maximum Gasteiger partial charge on any atom is 0.335 e. The van der Waals surface area contributed by atoms with Crippen LogP contribution in [0.1, 0.15) is 13.8 Å². The first-order valence-corrected chi connectivity index (χ1v) is 5.96. The van der Waals surface area contributed by atoms with Gasteiger partial charge in [0.05, 0.1) is 5.69 Å². The van der Waals surface area contributed by atoms with Crippen LogP contribution in [0.4, 0.5) is 5.69 Å². The lowest BCUT2D eigenvalue weighted by atomic mass is 10.2. The number of hydrogen-bond donors (Lipinski definition) is 0. The average molecular weight is 271 g/mol. The lowest BCUT2D eigenvalue weighted by Crippen LogP contribution is -2.31. The summed E-state index contributed by atoms with van der Waals surface area (Å²) in [6.45, 7) is 6.54. The Morgan fingerprint density at radius 1 is 1.10 bits per heavy atom. The van der Waals surface area contributed by atoms with E-state index >= 15 is 0 Å². The first kappa shape index (κ1) is 13.7. The van der Waals surface area contributed by atoms with E-state index in [0.29, 0.717) is 22.6 Å². The van der Waals surface area contributed by atoms with E-state index in [1.165, 1.54) is 12.1 Å². The van der Waals surface area contributed by atoms with Crippen molar-refractivity contribution in [1.29, 1.82) is 0 Å². The van der Waals surface area contributed by atoms with E-state index in [0.717, 1.165) is 11.0 Å². The zero-order valence-corrected chi connectivity index (χ0v) is 11.2. The number of anilines is 1. The Hall–Kier alpha value is -2.69. The SMILES string of the molecule is C=CC(=O)Oc1ccc(N2C(=O)C(C)=C(C)C2=O)cc1. The van der Waals surface area contributed by atoms with Gasteiger partial charge in [0.25, 0.3) is 11.8 Å². The number of carbonyl (C=O) groups excluding carboxylic acids is 3. The summed E-state index contributed by atoms with van der Waals surface area (Å²) in [6, 6.07) is 6.13. The Labute approximate surface area is 116 Å². The molecule has 102 valence electrons. The van der Waals surface area contributed by atoms with Crippen LogP contribution in [-0.4, -0.2) is 17.8 Å². The number of carbonyl (C=O) groups is 3. The third-order valence-electron chi connectivity index (χ3n) is 3.09. The quantitative estimate of drug-likeness (QED) is 0.365. The van der Waals surface area contributed by atoms with Gasteiger partial charge in [-0.3, -0.25) is 9.59 Å². The predicted octanol–water partition coefficient (Wildman–Crippen LogP) is 1.99. The van der Waals surface area contributed by atoms with Crippen LogP contribution >= 0.6 is 0 Å². The molecule has 0 spiro atoms. The summed E-state index contributed by atoms with van der Waals surface area (Å²) < 4.78 is 4.92. The maximum absolute atomic E-state index is 12.0. The van der Waals surface area contributed by atoms with Gasteiger partial charge in [0.15, 0.2) is 0 Å². The summed E-state index contributed by atoms with van der Waals surface area (Å²) in [5, 5.41) is 0. The van der Waals surface area contributed by atoms with Crippen molar-refractivity contribution in [1.82, 2.24) is 0 Å². The van der Waals surface area contributed by atoms with Crippen LogP contribution in [0, 0.1) is 0 Å². The van der Waals surface area contributed by atoms with Crippen LogP contribution in [0.3, 0.4) is 0 Å². The molecule has 1 aromatic rings. The summed E-state index contributed by atoms with van der Waals surface area (Å²) in [4.78, 5) is 36.1. The Kier molecular flexibility index (Phi) is 3.52. The normalized spacial score (nSPS) is 14.8. The maximum atomic E-state index is 12.0. The minimum absolute atomic E-state index is 0.319. The Morgan fingerprint density at radius 2 is 1.60 bits per heavy atom. The summed E-state index contributed by atoms with van der Waals surface area (Å²) in [7, 11) is 0. The monoisotopic (exact) mass is 271 g/mol. The fourth-order valence-corrected chi connectivity index (χ4v) is 1.80. The van der Waals surface area contributed by atoms with Gasteiger partial charge in [-0.1, -0.05) is 6.58 Å². The van der Waals surface area contributed by atoms with Gasteiger partial charge in [0.2, 0.25) is 0 Å². The minimum Gasteiger partial charge on any atom is -0.423 e. The fraction of sp³-hybridized carbons (Fsp3) is 0.133. The molecule has 0 aliphatic carbocycles. The second-order valence-electron chi connectivity index (χ2n) is 4.31. The minimum atomic E-state index is -0.570. The number of nitrogens with zero attached hydrogens (tertiary/aromatic N) is 1. The predicted molar refractivity (Wildman–Crippen MR) is 73.1 cm³/mol. The first-order valence-electron chi connectivity index (χ1n) is 5.96. The summed E-state index contributed by atoms with van der Waals surface area (Å²) in [5.74, 6) is -0.912. The summed E-state index contributed by atoms with van der Waals surface area (Å²) in [5.41, 5.74) is 1.32. The lowest BCUT2D eigenvalue weighted by molar-refractivity contribution is -0.129. The van der Waals surface area contributed by atoms with Crippen molar-refractivity contribution in [2.24, 2.45) is 0 Å².